The number of nitriles is 1. The van der Waals surface area contributed by atoms with Crippen LogP contribution in [0.25, 0.3) is 0 Å². The van der Waals surface area contributed by atoms with Gasteiger partial charge in [0.1, 0.15) is 0 Å². The van der Waals surface area contributed by atoms with Gasteiger partial charge < -0.3 is 10.6 Å². The lowest BCUT2D eigenvalue weighted by molar-refractivity contribution is 0.102. The van der Waals surface area contributed by atoms with Gasteiger partial charge in [0, 0.05) is 43.0 Å². The number of nitrogens with one attached hydrogen (secondary N) is 2. The fourth-order valence-corrected chi connectivity index (χ4v) is 3.87. The van der Waals surface area contributed by atoms with Crippen LogP contribution in [0.2, 0.25) is 0 Å². The van der Waals surface area contributed by atoms with E-state index in [9.17, 15) is 4.79 Å². The maximum Gasteiger partial charge on any atom is 0.255 e. The van der Waals surface area contributed by atoms with Crippen LogP contribution < -0.4 is 10.6 Å². The van der Waals surface area contributed by atoms with Crippen LogP contribution in [0.5, 0.6) is 0 Å². The number of fused-ring (bicyclic) bond motifs is 4. The summed E-state index contributed by atoms with van der Waals surface area (Å²) in [6, 6.07) is 18.0. The number of carbonyl (C=O) groups excluding carboxylic acids is 1. The van der Waals surface area contributed by atoms with Crippen molar-refractivity contribution in [2.24, 2.45) is 0 Å². The minimum absolute atomic E-state index is 0.201. The second kappa shape index (κ2) is 7.28. The number of rotatable bonds is 3. The predicted octanol–water partition coefficient (Wildman–Crippen LogP) is 2.92. The molecule has 0 aliphatic carbocycles. The van der Waals surface area contributed by atoms with E-state index in [2.05, 4.69) is 33.7 Å². The van der Waals surface area contributed by atoms with E-state index in [1.807, 2.05) is 12.1 Å². The fraction of sp³-hybridized carbons (Fsp3) is 0.333. The van der Waals surface area contributed by atoms with Crippen molar-refractivity contribution in [2.75, 3.05) is 25.0 Å². The number of carbonyl (C=O) groups is 1. The Morgan fingerprint density at radius 2 is 1.92 bits per heavy atom. The first kappa shape index (κ1) is 16.8. The number of hydrogen-bond donors (Lipinski definition) is 2. The van der Waals surface area contributed by atoms with Crippen LogP contribution in [0.15, 0.2) is 48.5 Å². The van der Waals surface area contributed by atoms with Crippen LogP contribution in [0.4, 0.5) is 5.69 Å². The lowest BCUT2D eigenvalue weighted by atomic mass is 10.0. The average Bonchev–Trinajstić information content (AvgIpc) is 3.02. The summed E-state index contributed by atoms with van der Waals surface area (Å²) < 4.78 is 0. The van der Waals surface area contributed by atoms with Crippen molar-refractivity contribution in [3.63, 3.8) is 0 Å². The van der Waals surface area contributed by atoms with Crippen LogP contribution in [-0.4, -0.2) is 36.5 Å². The molecule has 1 unspecified atom stereocenters. The molecule has 132 valence electrons. The summed E-state index contributed by atoms with van der Waals surface area (Å²) in [6.45, 7) is 3.28. The number of benzene rings is 2. The third-order valence-electron chi connectivity index (χ3n) is 5.38. The largest absolute Gasteiger partial charge is 0.322 e. The fourth-order valence-electron chi connectivity index (χ4n) is 3.87. The van der Waals surface area contributed by atoms with Gasteiger partial charge in [0.05, 0.1) is 11.6 Å². The molecule has 5 heteroatoms. The van der Waals surface area contributed by atoms with E-state index in [1.165, 1.54) is 18.4 Å². The third-order valence-corrected chi connectivity index (χ3v) is 5.38. The second-order valence-corrected chi connectivity index (χ2v) is 7.00. The molecule has 2 bridgehead atoms. The van der Waals surface area contributed by atoms with Gasteiger partial charge in [-0.3, -0.25) is 9.69 Å². The van der Waals surface area contributed by atoms with Gasteiger partial charge in [-0.2, -0.15) is 5.26 Å². The number of anilines is 1. The minimum atomic E-state index is -0.201. The summed E-state index contributed by atoms with van der Waals surface area (Å²) >= 11 is 0. The molecule has 2 aromatic carbocycles. The molecule has 0 spiro atoms. The highest BCUT2D eigenvalue weighted by atomic mass is 16.1. The second-order valence-electron chi connectivity index (χ2n) is 7.00. The van der Waals surface area contributed by atoms with Crippen molar-refractivity contribution in [1.82, 2.24) is 10.2 Å². The van der Waals surface area contributed by atoms with Crippen LogP contribution >= 0.6 is 0 Å². The van der Waals surface area contributed by atoms with Crippen molar-refractivity contribution in [3.05, 3.63) is 65.2 Å². The van der Waals surface area contributed by atoms with Crippen molar-refractivity contribution in [3.8, 4) is 6.07 Å². The first-order chi connectivity index (χ1) is 12.7. The van der Waals surface area contributed by atoms with Gasteiger partial charge in [-0.05, 0) is 48.7 Å². The third kappa shape index (κ3) is 3.48. The van der Waals surface area contributed by atoms with Crippen molar-refractivity contribution >= 4 is 11.6 Å². The van der Waals surface area contributed by atoms with Gasteiger partial charge in [-0.1, -0.05) is 18.2 Å². The van der Waals surface area contributed by atoms with Crippen LogP contribution in [0.3, 0.4) is 0 Å². The van der Waals surface area contributed by atoms with E-state index < -0.39 is 0 Å². The Morgan fingerprint density at radius 1 is 1.15 bits per heavy atom. The Kier molecular flexibility index (Phi) is 4.70. The molecule has 2 aromatic rings. The summed E-state index contributed by atoms with van der Waals surface area (Å²) in [6.07, 6.45) is 2.46. The molecule has 3 saturated heterocycles. The van der Waals surface area contributed by atoms with Gasteiger partial charge in [-0.25, -0.2) is 0 Å². The van der Waals surface area contributed by atoms with Crippen LogP contribution in [0, 0.1) is 11.3 Å². The molecule has 3 heterocycles. The zero-order valence-corrected chi connectivity index (χ0v) is 14.6. The van der Waals surface area contributed by atoms with E-state index in [0.717, 1.165) is 25.3 Å². The zero-order valence-electron chi connectivity index (χ0n) is 14.6. The Labute approximate surface area is 153 Å². The van der Waals surface area contributed by atoms with Gasteiger partial charge in [0.25, 0.3) is 5.91 Å². The SMILES string of the molecule is N#Cc1cccc(C(=O)Nc2ccc(C3CNC4CCN3CC4)cc2)c1. The summed E-state index contributed by atoms with van der Waals surface area (Å²) in [7, 11) is 0. The average molecular weight is 346 g/mol. The maximum absolute atomic E-state index is 12.4. The zero-order chi connectivity index (χ0) is 17.9. The van der Waals surface area contributed by atoms with Crippen molar-refractivity contribution < 1.29 is 4.79 Å². The maximum atomic E-state index is 12.4. The van der Waals surface area contributed by atoms with Crippen molar-refractivity contribution in [2.45, 2.75) is 24.9 Å². The molecule has 3 aliphatic rings. The molecule has 3 aliphatic heterocycles. The summed E-state index contributed by atoms with van der Waals surface area (Å²) in [5.74, 6) is -0.201. The quantitative estimate of drug-likeness (QED) is 0.897. The molecule has 26 heavy (non-hydrogen) atoms. The van der Waals surface area contributed by atoms with Crippen LogP contribution in [0.1, 0.15) is 40.4 Å². The molecule has 3 fully saturated rings. The molecule has 0 radical (unpaired) electrons. The van der Waals surface area contributed by atoms with Gasteiger partial charge in [-0.15, -0.1) is 0 Å². The smallest absolute Gasteiger partial charge is 0.255 e. The molecule has 2 N–H and O–H groups in total. The Bertz CT molecular complexity index is 832. The number of piperidine rings is 1. The van der Waals surface area contributed by atoms with E-state index in [1.54, 1.807) is 24.3 Å². The van der Waals surface area contributed by atoms with Gasteiger partial charge in [0.15, 0.2) is 0 Å². The Balaban J connectivity index is 1.46. The summed E-state index contributed by atoms with van der Waals surface area (Å²) in [4.78, 5) is 14.9. The molecular weight excluding hydrogens is 324 g/mol. The van der Waals surface area contributed by atoms with E-state index in [0.29, 0.717) is 23.2 Å². The summed E-state index contributed by atoms with van der Waals surface area (Å²) in [5, 5.41) is 15.5. The lowest BCUT2D eigenvalue weighted by Crippen LogP contribution is -2.35. The first-order valence-electron chi connectivity index (χ1n) is 9.12. The van der Waals surface area contributed by atoms with Crippen LogP contribution in [-0.2, 0) is 0 Å². The van der Waals surface area contributed by atoms with Gasteiger partial charge in [0.2, 0.25) is 0 Å². The van der Waals surface area contributed by atoms with Gasteiger partial charge >= 0.3 is 0 Å². The molecule has 0 aromatic heterocycles. The monoisotopic (exact) mass is 346 g/mol. The molecular formula is C21H22N4O. The highest BCUT2D eigenvalue weighted by molar-refractivity contribution is 6.04. The molecule has 1 atom stereocenters. The van der Waals surface area contributed by atoms with E-state index in [-0.39, 0.29) is 5.91 Å². The number of hydrogen-bond acceptors (Lipinski definition) is 4. The predicted molar refractivity (Wildman–Crippen MR) is 101 cm³/mol. The standard InChI is InChI=1S/C21H22N4O/c22-13-15-2-1-3-17(12-15)21(26)24-19-6-4-16(5-7-19)20-14-23-18-8-10-25(20)11-9-18/h1-7,12,18,20,23H,8-11,14H2,(H,24,26). The molecule has 0 saturated carbocycles. The molecule has 5 nitrogen and oxygen atoms in total. The molecule has 1 amide bonds. The normalized spacial score (nSPS) is 24.5. The lowest BCUT2D eigenvalue weighted by Gasteiger charge is -2.31. The summed E-state index contributed by atoms with van der Waals surface area (Å²) in [5.41, 5.74) is 3.02. The molecule has 5 rings (SSSR count). The Morgan fingerprint density at radius 3 is 2.65 bits per heavy atom. The number of amides is 1. The van der Waals surface area contributed by atoms with Crippen molar-refractivity contribution in [1.29, 1.82) is 5.26 Å². The van der Waals surface area contributed by atoms with E-state index >= 15 is 0 Å². The van der Waals surface area contributed by atoms with E-state index in [4.69, 9.17) is 5.26 Å². The topological polar surface area (TPSA) is 68.2 Å². The highest BCUT2D eigenvalue weighted by Crippen LogP contribution is 2.28. The first-order valence-corrected chi connectivity index (χ1v) is 9.12. The Hall–Kier alpha value is -2.68. The minimum Gasteiger partial charge on any atom is -0.322 e. The highest BCUT2D eigenvalue weighted by Gasteiger charge is 2.30. The number of nitrogens with zero attached hydrogens (tertiary/aromatic N) is 2.